The van der Waals surface area contributed by atoms with Gasteiger partial charge in [-0.1, -0.05) is 0 Å². The van der Waals surface area contributed by atoms with Crippen molar-refractivity contribution >= 4 is 6.16 Å². The number of nitrogens with zero attached hydrogens (tertiary/aromatic N) is 1. The molecule has 14 heavy (non-hydrogen) atoms. The molecule has 0 amide bonds. The molecule has 0 unspecified atom stereocenters. The first-order valence-electron chi connectivity index (χ1n) is 4.97. The molecule has 0 radical (unpaired) electrons. The maximum Gasteiger partial charge on any atom is 0.525 e. The van der Waals surface area contributed by atoms with Crippen LogP contribution < -0.4 is 0 Å². The molecule has 1 saturated heterocycles. The predicted molar refractivity (Wildman–Crippen MR) is 53.0 cm³/mol. The quantitative estimate of drug-likeness (QED) is 0.708. The first-order chi connectivity index (χ1) is 6.26. The Morgan fingerprint density at radius 2 is 1.64 bits per heavy atom. The third kappa shape index (κ3) is 2.18. The normalized spacial score (nSPS) is 25.7. The van der Waals surface area contributed by atoms with Crippen molar-refractivity contribution in [3.05, 3.63) is 0 Å². The van der Waals surface area contributed by atoms with Crippen LogP contribution in [0.1, 0.15) is 47.0 Å². The summed E-state index contributed by atoms with van der Waals surface area (Å²) in [5, 5.41) is 10.3. The van der Waals surface area contributed by atoms with Crippen LogP contribution in [0.5, 0.6) is 0 Å². The van der Waals surface area contributed by atoms with E-state index in [4.69, 9.17) is 9.94 Å². The lowest BCUT2D eigenvalue weighted by molar-refractivity contribution is -0.248. The van der Waals surface area contributed by atoms with Crippen molar-refractivity contribution in [1.82, 2.24) is 5.06 Å². The molecule has 82 valence electrons. The molecule has 4 nitrogen and oxygen atoms in total. The molecule has 0 spiro atoms. The topological polar surface area (TPSA) is 49.8 Å². The molecule has 0 bridgehead atoms. The van der Waals surface area contributed by atoms with Crippen molar-refractivity contribution in [2.75, 3.05) is 0 Å². The van der Waals surface area contributed by atoms with Crippen LogP contribution in [-0.2, 0) is 4.84 Å². The number of hydrogen-bond acceptors (Lipinski definition) is 3. The minimum atomic E-state index is -1.23. The summed E-state index contributed by atoms with van der Waals surface area (Å²) in [6.07, 6.45) is 1.81. The molecule has 0 aromatic heterocycles. The van der Waals surface area contributed by atoms with Gasteiger partial charge in [0.1, 0.15) is 0 Å². The highest BCUT2D eigenvalue weighted by Gasteiger charge is 2.44. The van der Waals surface area contributed by atoms with Gasteiger partial charge in [-0.05, 0) is 47.0 Å². The molecule has 0 aromatic rings. The van der Waals surface area contributed by atoms with Crippen LogP contribution in [0.3, 0.4) is 0 Å². The lowest BCUT2D eigenvalue weighted by atomic mass is 9.82. The van der Waals surface area contributed by atoms with Crippen LogP contribution in [0, 0.1) is 0 Å². The minimum absolute atomic E-state index is 0.208. The molecule has 0 saturated carbocycles. The molecule has 1 N–H and O–H groups in total. The zero-order chi connectivity index (χ0) is 11.0. The summed E-state index contributed by atoms with van der Waals surface area (Å²) in [6, 6.07) is 0. The summed E-state index contributed by atoms with van der Waals surface area (Å²) in [7, 11) is 0. The molecular formula is C10H19NO3. The highest BCUT2D eigenvalue weighted by molar-refractivity contribution is 5.56. The number of hydroxylamine groups is 2. The van der Waals surface area contributed by atoms with Crippen LogP contribution in [0.15, 0.2) is 0 Å². The Kier molecular flexibility index (Phi) is 2.76. The third-order valence-corrected chi connectivity index (χ3v) is 2.85. The fraction of sp³-hybridized carbons (Fsp3) is 0.900. The lowest BCUT2D eigenvalue weighted by Crippen LogP contribution is -2.58. The van der Waals surface area contributed by atoms with Crippen molar-refractivity contribution in [1.29, 1.82) is 0 Å². The van der Waals surface area contributed by atoms with Crippen LogP contribution >= 0.6 is 0 Å². The first-order valence-corrected chi connectivity index (χ1v) is 4.97. The molecular weight excluding hydrogens is 182 g/mol. The van der Waals surface area contributed by atoms with Gasteiger partial charge < -0.3 is 9.94 Å². The van der Waals surface area contributed by atoms with Gasteiger partial charge in [-0.2, -0.15) is 0 Å². The van der Waals surface area contributed by atoms with Gasteiger partial charge in [0.2, 0.25) is 0 Å². The zero-order valence-electron chi connectivity index (χ0n) is 9.33. The van der Waals surface area contributed by atoms with Crippen molar-refractivity contribution in [2.24, 2.45) is 0 Å². The van der Waals surface area contributed by atoms with Crippen molar-refractivity contribution < 1.29 is 14.7 Å². The number of rotatable bonds is 1. The molecule has 0 atom stereocenters. The van der Waals surface area contributed by atoms with E-state index in [1.54, 1.807) is 5.06 Å². The fourth-order valence-electron chi connectivity index (χ4n) is 2.30. The molecule has 0 aromatic carbocycles. The molecule has 1 fully saturated rings. The zero-order valence-corrected chi connectivity index (χ0v) is 9.33. The van der Waals surface area contributed by atoms with Crippen LogP contribution in [-0.4, -0.2) is 27.4 Å². The van der Waals surface area contributed by atoms with E-state index in [9.17, 15) is 4.79 Å². The Hall–Kier alpha value is -0.770. The second-order valence-corrected chi connectivity index (χ2v) is 5.13. The number of carboxylic acid groups (broad SMARTS) is 1. The van der Waals surface area contributed by atoms with E-state index in [1.165, 1.54) is 0 Å². The standard InChI is InChI=1S/C10H19NO3/c1-9(2)6-5-7-10(3,4)11(9)14-8(12)13/h5-7H2,1-4H3,(H,12,13). The molecule has 0 aliphatic carbocycles. The summed E-state index contributed by atoms with van der Waals surface area (Å²) in [6.45, 7) is 8.04. The Labute approximate surface area is 84.8 Å². The van der Waals surface area contributed by atoms with E-state index in [0.29, 0.717) is 0 Å². The number of piperidine rings is 1. The summed E-state index contributed by atoms with van der Waals surface area (Å²) >= 11 is 0. The molecule has 1 aliphatic rings. The van der Waals surface area contributed by atoms with Gasteiger partial charge >= 0.3 is 6.16 Å². The average molecular weight is 201 g/mol. The van der Waals surface area contributed by atoms with E-state index in [2.05, 4.69) is 0 Å². The Balaban J connectivity index is 2.85. The first kappa shape index (κ1) is 11.3. The van der Waals surface area contributed by atoms with Gasteiger partial charge in [0.15, 0.2) is 0 Å². The van der Waals surface area contributed by atoms with Gasteiger partial charge in [0.05, 0.1) is 11.1 Å². The molecule has 1 aliphatic heterocycles. The second-order valence-electron chi connectivity index (χ2n) is 5.13. The molecule has 1 rings (SSSR count). The smallest absolute Gasteiger partial charge is 0.448 e. The van der Waals surface area contributed by atoms with Crippen molar-refractivity contribution in [3.63, 3.8) is 0 Å². The van der Waals surface area contributed by atoms with E-state index in [-0.39, 0.29) is 11.1 Å². The van der Waals surface area contributed by atoms with Crippen molar-refractivity contribution in [3.8, 4) is 0 Å². The average Bonchev–Trinajstić information content (AvgIpc) is 1.96. The summed E-state index contributed by atoms with van der Waals surface area (Å²) < 4.78 is 0. The third-order valence-electron chi connectivity index (χ3n) is 2.85. The largest absolute Gasteiger partial charge is 0.525 e. The highest BCUT2D eigenvalue weighted by atomic mass is 16.8. The highest BCUT2D eigenvalue weighted by Crippen LogP contribution is 2.38. The monoisotopic (exact) mass is 201 g/mol. The number of hydrogen-bond donors (Lipinski definition) is 1. The number of carbonyl (C=O) groups is 1. The molecule has 1 heterocycles. The summed E-state index contributed by atoms with van der Waals surface area (Å²) in [4.78, 5) is 15.5. The summed E-state index contributed by atoms with van der Waals surface area (Å²) in [5.74, 6) is 0. The lowest BCUT2D eigenvalue weighted by Gasteiger charge is -2.49. The van der Waals surface area contributed by atoms with Gasteiger partial charge in [-0.25, -0.2) is 4.79 Å². The van der Waals surface area contributed by atoms with Gasteiger partial charge in [-0.15, -0.1) is 5.06 Å². The van der Waals surface area contributed by atoms with E-state index in [1.807, 2.05) is 27.7 Å². The van der Waals surface area contributed by atoms with Gasteiger partial charge in [0.25, 0.3) is 0 Å². The molecule has 4 heteroatoms. The van der Waals surface area contributed by atoms with Crippen LogP contribution in [0.2, 0.25) is 0 Å². The fourth-order valence-corrected chi connectivity index (χ4v) is 2.30. The maximum atomic E-state index is 10.6. The van der Waals surface area contributed by atoms with Crippen LogP contribution in [0.25, 0.3) is 0 Å². The second kappa shape index (κ2) is 3.42. The SMILES string of the molecule is CC1(C)CCCC(C)(C)N1OC(=O)O. The maximum absolute atomic E-state index is 10.6. The Bertz CT molecular complexity index is 220. The van der Waals surface area contributed by atoms with E-state index in [0.717, 1.165) is 19.3 Å². The Morgan fingerprint density at radius 3 is 2.00 bits per heavy atom. The van der Waals surface area contributed by atoms with Crippen molar-refractivity contribution in [2.45, 2.75) is 58.0 Å². The summed E-state index contributed by atoms with van der Waals surface area (Å²) in [5.41, 5.74) is -0.416. The van der Waals surface area contributed by atoms with E-state index < -0.39 is 6.16 Å². The van der Waals surface area contributed by atoms with E-state index >= 15 is 0 Å². The Morgan fingerprint density at radius 1 is 1.21 bits per heavy atom. The minimum Gasteiger partial charge on any atom is -0.448 e. The van der Waals surface area contributed by atoms with Gasteiger partial charge in [0, 0.05) is 0 Å². The van der Waals surface area contributed by atoms with Crippen LogP contribution in [0.4, 0.5) is 4.79 Å². The predicted octanol–water partition coefficient (Wildman–Crippen LogP) is 2.64. The van der Waals surface area contributed by atoms with Gasteiger partial charge in [-0.3, -0.25) is 0 Å².